The van der Waals surface area contributed by atoms with E-state index in [1.165, 1.54) is 12.1 Å². The quantitative estimate of drug-likeness (QED) is 0.630. The van der Waals surface area contributed by atoms with Crippen molar-refractivity contribution in [3.05, 3.63) is 82.9 Å². The third-order valence-electron chi connectivity index (χ3n) is 5.07. The molecule has 7 heteroatoms. The van der Waals surface area contributed by atoms with Crippen LogP contribution in [0.25, 0.3) is 17.2 Å². The zero-order valence-corrected chi connectivity index (χ0v) is 17.3. The Hall–Kier alpha value is -3.32. The van der Waals surface area contributed by atoms with Crippen molar-refractivity contribution in [1.29, 1.82) is 0 Å². The van der Waals surface area contributed by atoms with E-state index in [2.05, 4.69) is 15.3 Å². The Balaban J connectivity index is 1.70. The normalized spacial score (nSPS) is 15.4. The van der Waals surface area contributed by atoms with Crippen LogP contribution >= 0.6 is 0 Å². The number of carbonyl (C=O) groups is 1. The summed E-state index contributed by atoms with van der Waals surface area (Å²) in [4.78, 5) is 20.1. The van der Waals surface area contributed by atoms with Crippen molar-refractivity contribution >= 4 is 39.9 Å². The lowest BCUT2D eigenvalue weighted by Crippen LogP contribution is -2.13. The van der Waals surface area contributed by atoms with Crippen molar-refractivity contribution < 1.29 is 13.4 Å². The molecular weight excluding hydrogens is 401 g/mol. The molecule has 1 aliphatic carbocycles. The van der Waals surface area contributed by atoms with E-state index < -0.39 is 10.8 Å². The number of nitrogens with one attached hydrogen (secondary N) is 2. The molecule has 3 aromatic rings. The monoisotopic (exact) mass is 421 g/mol. The predicted octanol–water partition coefficient (Wildman–Crippen LogP) is 4.64. The first-order valence-electron chi connectivity index (χ1n) is 9.37. The highest BCUT2D eigenvalue weighted by Gasteiger charge is 2.26. The van der Waals surface area contributed by atoms with Crippen molar-refractivity contribution in [2.24, 2.45) is 0 Å². The number of hydrogen-bond acceptors (Lipinski definition) is 3. The van der Waals surface area contributed by atoms with Crippen molar-refractivity contribution in [2.45, 2.75) is 18.2 Å². The van der Waals surface area contributed by atoms with Crippen molar-refractivity contribution in [1.82, 2.24) is 9.97 Å². The minimum Gasteiger partial charge on any atom is -0.331 e. The van der Waals surface area contributed by atoms with Gasteiger partial charge in [0.1, 0.15) is 5.82 Å². The number of nitrogens with zero attached hydrogens (tertiary/aromatic N) is 1. The van der Waals surface area contributed by atoms with Crippen LogP contribution in [-0.4, -0.2) is 26.3 Å². The van der Waals surface area contributed by atoms with Crippen LogP contribution in [0.5, 0.6) is 0 Å². The van der Waals surface area contributed by atoms with Crippen LogP contribution in [0.4, 0.5) is 10.3 Å². The highest BCUT2D eigenvalue weighted by Crippen LogP contribution is 2.43. The number of hydrogen-bond donors (Lipinski definition) is 2. The first-order valence-corrected chi connectivity index (χ1v) is 10.9. The molecule has 0 unspecified atom stereocenters. The van der Waals surface area contributed by atoms with E-state index in [1.54, 1.807) is 24.7 Å². The Morgan fingerprint density at radius 1 is 1.20 bits per heavy atom. The Morgan fingerprint density at radius 2 is 1.97 bits per heavy atom. The fourth-order valence-corrected chi connectivity index (χ4v) is 4.09. The smallest absolute Gasteiger partial charge is 0.231 e. The number of rotatable bonds is 5. The lowest BCUT2D eigenvalue weighted by molar-refractivity contribution is -0.115. The van der Waals surface area contributed by atoms with E-state index in [1.807, 2.05) is 37.3 Å². The number of allylic oxidation sites excluding steroid dienone is 2. The van der Waals surface area contributed by atoms with Gasteiger partial charge in [-0.3, -0.25) is 14.3 Å². The van der Waals surface area contributed by atoms with E-state index >= 15 is 0 Å². The number of anilines is 1. The number of aromatic amines is 1. The minimum atomic E-state index is -1.04. The number of halogens is 1. The van der Waals surface area contributed by atoms with E-state index in [-0.39, 0.29) is 18.1 Å². The summed E-state index contributed by atoms with van der Waals surface area (Å²) in [6, 6.07) is 12.1. The molecule has 0 saturated carbocycles. The summed E-state index contributed by atoms with van der Waals surface area (Å²) in [6.45, 7) is 1.94. The standard InChI is InChI=1S/C23H20FN3O2S/c1-14-19(11-15-3-6-17(7-4-15)30(2)29)18-8-5-16(24)12-21(18)20(14)13-22(28)27-23-25-9-10-26-23/h3-12H,13H2,1-2H3,(H2,25,26,27,28)/b19-11-/t30-/m1/s1. The molecule has 1 amide bonds. The SMILES string of the molecule is CC1=C(CC(=O)Nc2ncc[nH]2)c2cc(F)ccc2/C1=C\c1ccc([S@@](C)=O)cc1. The van der Waals surface area contributed by atoms with E-state index in [0.717, 1.165) is 38.3 Å². The van der Waals surface area contributed by atoms with Crippen LogP contribution < -0.4 is 5.32 Å². The molecule has 1 heterocycles. The van der Waals surface area contributed by atoms with Gasteiger partial charge in [-0.05, 0) is 70.7 Å². The maximum Gasteiger partial charge on any atom is 0.231 e. The molecule has 1 aliphatic rings. The Labute approximate surface area is 176 Å². The Kier molecular flexibility index (Phi) is 5.46. The summed E-state index contributed by atoms with van der Waals surface area (Å²) in [6.07, 6.45) is 6.93. The highest BCUT2D eigenvalue weighted by molar-refractivity contribution is 7.84. The highest BCUT2D eigenvalue weighted by atomic mass is 32.2. The third kappa shape index (κ3) is 4.02. The van der Waals surface area contributed by atoms with Crippen LogP contribution in [0.1, 0.15) is 30.0 Å². The van der Waals surface area contributed by atoms with Crippen LogP contribution in [0, 0.1) is 5.82 Å². The lowest BCUT2D eigenvalue weighted by Gasteiger charge is -2.06. The fraction of sp³-hybridized carbons (Fsp3) is 0.130. The molecule has 30 heavy (non-hydrogen) atoms. The number of imidazole rings is 1. The predicted molar refractivity (Wildman–Crippen MR) is 117 cm³/mol. The van der Waals surface area contributed by atoms with Gasteiger partial charge in [0.2, 0.25) is 11.9 Å². The molecular formula is C23H20FN3O2S. The summed E-state index contributed by atoms with van der Waals surface area (Å²) >= 11 is 0. The van der Waals surface area contributed by atoms with E-state index in [9.17, 15) is 13.4 Å². The van der Waals surface area contributed by atoms with Gasteiger partial charge >= 0.3 is 0 Å². The summed E-state index contributed by atoms with van der Waals surface area (Å²) in [5.41, 5.74) is 5.20. The number of H-pyrrole nitrogens is 1. The van der Waals surface area contributed by atoms with Gasteiger partial charge in [0.05, 0.1) is 6.42 Å². The summed E-state index contributed by atoms with van der Waals surface area (Å²) < 4.78 is 25.6. The Bertz CT molecular complexity index is 1200. The topological polar surface area (TPSA) is 74.8 Å². The van der Waals surface area contributed by atoms with Gasteiger partial charge in [-0.1, -0.05) is 18.2 Å². The van der Waals surface area contributed by atoms with Gasteiger partial charge in [-0.2, -0.15) is 0 Å². The molecule has 0 aliphatic heterocycles. The number of fused-ring (bicyclic) bond motifs is 1. The van der Waals surface area contributed by atoms with Gasteiger partial charge < -0.3 is 4.98 Å². The molecule has 0 saturated heterocycles. The molecule has 0 radical (unpaired) electrons. The number of carbonyl (C=O) groups excluding carboxylic acids is 1. The van der Waals surface area contributed by atoms with Crippen molar-refractivity contribution in [3.63, 3.8) is 0 Å². The second-order valence-electron chi connectivity index (χ2n) is 7.04. The molecule has 0 fully saturated rings. The van der Waals surface area contributed by atoms with Gasteiger partial charge in [-0.15, -0.1) is 0 Å². The minimum absolute atomic E-state index is 0.105. The zero-order chi connectivity index (χ0) is 21.3. The molecule has 4 rings (SSSR count). The third-order valence-corrected chi connectivity index (χ3v) is 6.01. The molecule has 0 bridgehead atoms. The van der Waals surface area contributed by atoms with Crippen LogP contribution in [0.15, 0.2) is 65.3 Å². The number of benzene rings is 2. The molecule has 0 spiro atoms. The summed E-state index contributed by atoms with van der Waals surface area (Å²) in [5, 5.41) is 2.71. The zero-order valence-electron chi connectivity index (χ0n) is 16.5. The van der Waals surface area contributed by atoms with E-state index in [0.29, 0.717) is 5.95 Å². The molecule has 1 aromatic heterocycles. The van der Waals surface area contributed by atoms with Crippen molar-refractivity contribution in [3.8, 4) is 0 Å². The number of aromatic nitrogens is 2. The second-order valence-corrected chi connectivity index (χ2v) is 8.42. The molecule has 2 N–H and O–H groups in total. The molecule has 5 nitrogen and oxygen atoms in total. The van der Waals surface area contributed by atoms with Crippen LogP contribution in [-0.2, 0) is 15.6 Å². The molecule has 152 valence electrons. The Morgan fingerprint density at radius 3 is 2.63 bits per heavy atom. The van der Waals surface area contributed by atoms with Gasteiger partial charge in [0.25, 0.3) is 0 Å². The molecule has 1 atom stereocenters. The van der Waals surface area contributed by atoms with Gasteiger partial charge in [0, 0.05) is 34.3 Å². The average molecular weight is 421 g/mol. The summed E-state index contributed by atoms with van der Waals surface area (Å²) in [5.74, 6) is -0.202. The lowest BCUT2D eigenvalue weighted by atomic mass is 10.0. The largest absolute Gasteiger partial charge is 0.331 e. The van der Waals surface area contributed by atoms with Crippen LogP contribution in [0.3, 0.4) is 0 Å². The first kappa shape index (κ1) is 20.0. The van der Waals surface area contributed by atoms with Crippen LogP contribution in [0.2, 0.25) is 0 Å². The van der Waals surface area contributed by atoms with E-state index in [4.69, 9.17) is 0 Å². The summed E-state index contributed by atoms with van der Waals surface area (Å²) in [7, 11) is -1.04. The average Bonchev–Trinajstić information content (AvgIpc) is 3.31. The first-order chi connectivity index (χ1) is 14.4. The maximum atomic E-state index is 14.0. The second kappa shape index (κ2) is 8.20. The maximum absolute atomic E-state index is 14.0. The molecule has 2 aromatic carbocycles. The van der Waals surface area contributed by atoms with Gasteiger partial charge in [-0.25, -0.2) is 9.37 Å². The van der Waals surface area contributed by atoms with Gasteiger partial charge in [0.15, 0.2) is 0 Å². The fourth-order valence-electron chi connectivity index (χ4n) is 3.57. The van der Waals surface area contributed by atoms with Crippen molar-refractivity contribution in [2.75, 3.05) is 11.6 Å². The number of amides is 1.